The van der Waals surface area contributed by atoms with Crippen LogP contribution in [0.5, 0.6) is 0 Å². The number of amides is 1. The van der Waals surface area contributed by atoms with Gasteiger partial charge in [-0.1, -0.05) is 13.8 Å². The van der Waals surface area contributed by atoms with Crippen molar-refractivity contribution in [3.8, 4) is 0 Å². The van der Waals surface area contributed by atoms with Crippen LogP contribution >= 0.6 is 0 Å². The zero-order chi connectivity index (χ0) is 12.1. The molecule has 3 atom stereocenters. The quantitative estimate of drug-likeness (QED) is 0.726. The molecule has 0 aromatic carbocycles. The van der Waals surface area contributed by atoms with Crippen molar-refractivity contribution in [2.75, 3.05) is 33.7 Å². The van der Waals surface area contributed by atoms with Crippen molar-refractivity contribution in [2.24, 2.45) is 11.8 Å². The number of likely N-dealkylation sites (N-methyl/N-ethyl adjacent to an activating group) is 1. The van der Waals surface area contributed by atoms with Crippen LogP contribution in [0.15, 0.2) is 0 Å². The van der Waals surface area contributed by atoms with Gasteiger partial charge in [-0.05, 0) is 25.9 Å². The SMILES string of the molecule is CNC(=O)C(C)CN(C)C1CNCC(C)C1. The van der Waals surface area contributed by atoms with Gasteiger partial charge in [-0.3, -0.25) is 4.79 Å². The number of nitrogens with zero attached hydrogens (tertiary/aromatic N) is 1. The highest BCUT2D eigenvalue weighted by atomic mass is 16.1. The summed E-state index contributed by atoms with van der Waals surface area (Å²) in [5, 5.41) is 6.14. The maximum atomic E-state index is 11.4. The van der Waals surface area contributed by atoms with E-state index in [4.69, 9.17) is 0 Å². The van der Waals surface area contributed by atoms with Gasteiger partial charge in [0.1, 0.15) is 0 Å². The zero-order valence-electron chi connectivity index (χ0n) is 10.9. The van der Waals surface area contributed by atoms with E-state index in [1.165, 1.54) is 6.42 Å². The van der Waals surface area contributed by atoms with Gasteiger partial charge >= 0.3 is 0 Å². The van der Waals surface area contributed by atoms with Gasteiger partial charge in [0.05, 0.1) is 0 Å². The number of carbonyl (C=O) groups is 1. The van der Waals surface area contributed by atoms with Crippen molar-refractivity contribution in [3.05, 3.63) is 0 Å². The van der Waals surface area contributed by atoms with Crippen LogP contribution in [-0.4, -0.2) is 50.6 Å². The highest BCUT2D eigenvalue weighted by Gasteiger charge is 2.24. The average molecular weight is 227 g/mol. The number of rotatable bonds is 4. The molecule has 1 heterocycles. The molecule has 1 aliphatic heterocycles. The van der Waals surface area contributed by atoms with Crippen molar-refractivity contribution < 1.29 is 4.79 Å². The van der Waals surface area contributed by atoms with Crippen LogP contribution in [0.2, 0.25) is 0 Å². The molecule has 0 bridgehead atoms. The van der Waals surface area contributed by atoms with Crippen LogP contribution in [0.4, 0.5) is 0 Å². The predicted molar refractivity (Wildman–Crippen MR) is 66.3 cm³/mol. The molecule has 1 saturated heterocycles. The molecule has 2 N–H and O–H groups in total. The zero-order valence-corrected chi connectivity index (χ0v) is 10.9. The number of hydrogen-bond donors (Lipinski definition) is 2. The summed E-state index contributed by atoms with van der Waals surface area (Å²) in [7, 11) is 3.81. The van der Waals surface area contributed by atoms with Gasteiger partial charge in [0.25, 0.3) is 0 Å². The summed E-state index contributed by atoms with van der Waals surface area (Å²) in [5.41, 5.74) is 0. The molecular weight excluding hydrogens is 202 g/mol. The van der Waals surface area contributed by atoms with Crippen LogP contribution in [0, 0.1) is 11.8 Å². The summed E-state index contributed by atoms with van der Waals surface area (Å²) < 4.78 is 0. The Labute approximate surface area is 98.8 Å². The minimum Gasteiger partial charge on any atom is -0.359 e. The molecular formula is C12H25N3O. The molecule has 0 aromatic rings. The van der Waals surface area contributed by atoms with Crippen LogP contribution < -0.4 is 10.6 Å². The van der Waals surface area contributed by atoms with Gasteiger partial charge in [0.2, 0.25) is 5.91 Å². The number of hydrogen-bond acceptors (Lipinski definition) is 3. The van der Waals surface area contributed by atoms with Gasteiger partial charge < -0.3 is 15.5 Å². The highest BCUT2D eigenvalue weighted by molar-refractivity contribution is 5.78. The molecule has 0 saturated carbocycles. The Kier molecular flexibility index (Phi) is 5.22. The Bertz CT molecular complexity index is 232. The fourth-order valence-electron chi connectivity index (χ4n) is 2.37. The topological polar surface area (TPSA) is 44.4 Å². The first kappa shape index (κ1) is 13.5. The summed E-state index contributed by atoms with van der Waals surface area (Å²) in [5.74, 6) is 0.924. The van der Waals surface area contributed by atoms with E-state index in [1.54, 1.807) is 7.05 Å². The minimum atomic E-state index is 0.0623. The summed E-state index contributed by atoms with van der Waals surface area (Å²) in [6, 6.07) is 0.566. The van der Waals surface area contributed by atoms with Crippen molar-refractivity contribution in [2.45, 2.75) is 26.3 Å². The second-order valence-electron chi connectivity index (χ2n) is 5.11. The lowest BCUT2D eigenvalue weighted by Gasteiger charge is -2.35. The van der Waals surface area contributed by atoms with Gasteiger partial charge in [0.15, 0.2) is 0 Å². The molecule has 4 heteroatoms. The first-order chi connectivity index (χ1) is 7.54. The Morgan fingerprint density at radius 3 is 2.81 bits per heavy atom. The molecule has 1 fully saturated rings. The second kappa shape index (κ2) is 6.21. The van der Waals surface area contributed by atoms with Crippen molar-refractivity contribution >= 4 is 5.91 Å². The third-order valence-electron chi connectivity index (χ3n) is 3.43. The molecule has 94 valence electrons. The van der Waals surface area contributed by atoms with E-state index in [2.05, 4.69) is 29.5 Å². The monoisotopic (exact) mass is 227 g/mol. The van der Waals surface area contributed by atoms with Crippen molar-refractivity contribution in [3.63, 3.8) is 0 Å². The fourth-order valence-corrected chi connectivity index (χ4v) is 2.37. The van der Waals surface area contributed by atoms with E-state index in [1.807, 2.05) is 6.92 Å². The minimum absolute atomic E-state index is 0.0623. The third kappa shape index (κ3) is 3.76. The molecule has 3 unspecified atom stereocenters. The summed E-state index contributed by atoms with van der Waals surface area (Å²) in [6.07, 6.45) is 1.23. The molecule has 16 heavy (non-hydrogen) atoms. The molecule has 0 radical (unpaired) electrons. The summed E-state index contributed by atoms with van der Waals surface area (Å²) >= 11 is 0. The lowest BCUT2D eigenvalue weighted by Crippen LogP contribution is -2.49. The first-order valence-corrected chi connectivity index (χ1v) is 6.17. The largest absolute Gasteiger partial charge is 0.359 e. The predicted octanol–water partition coefficient (Wildman–Crippen LogP) is 0.298. The van der Waals surface area contributed by atoms with E-state index >= 15 is 0 Å². The van der Waals surface area contributed by atoms with Crippen molar-refractivity contribution in [1.29, 1.82) is 0 Å². The number of carbonyl (C=O) groups excluding carboxylic acids is 1. The molecule has 0 spiro atoms. The Morgan fingerprint density at radius 1 is 1.56 bits per heavy atom. The Morgan fingerprint density at radius 2 is 2.25 bits per heavy atom. The van der Waals surface area contributed by atoms with E-state index in [9.17, 15) is 4.79 Å². The summed E-state index contributed by atoms with van der Waals surface area (Å²) in [6.45, 7) is 7.25. The molecule has 0 aliphatic carbocycles. The normalized spacial score (nSPS) is 27.8. The molecule has 1 aliphatic rings. The van der Waals surface area contributed by atoms with Gasteiger partial charge in [-0.25, -0.2) is 0 Å². The average Bonchev–Trinajstić information content (AvgIpc) is 2.27. The highest BCUT2D eigenvalue weighted by Crippen LogP contribution is 2.15. The van der Waals surface area contributed by atoms with Crippen LogP contribution in [0.3, 0.4) is 0 Å². The van der Waals surface area contributed by atoms with Gasteiger partial charge in [-0.2, -0.15) is 0 Å². The maximum Gasteiger partial charge on any atom is 0.223 e. The smallest absolute Gasteiger partial charge is 0.223 e. The van der Waals surface area contributed by atoms with Crippen LogP contribution in [0.1, 0.15) is 20.3 Å². The van der Waals surface area contributed by atoms with E-state index in [-0.39, 0.29) is 11.8 Å². The van der Waals surface area contributed by atoms with Crippen LogP contribution in [-0.2, 0) is 4.79 Å². The van der Waals surface area contributed by atoms with E-state index < -0.39 is 0 Å². The standard InChI is InChI=1S/C12H25N3O/c1-9-5-11(7-14-6-9)15(4)8-10(2)12(16)13-3/h9-11,14H,5-8H2,1-4H3,(H,13,16). The molecule has 4 nitrogen and oxygen atoms in total. The number of nitrogens with one attached hydrogen (secondary N) is 2. The summed E-state index contributed by atoms with van der Waals surface area (Å²) in [4.78, 5) is 13.7. The second-order valence-corrected chi connectivity index (χ2v) is 5.11. The van der Waals surface area contributed by atoms with E-state index in [0.29, 0.717) is 6.04 Å². The van der Waals surface area contributed by atoms with Gasteiger partial charge in [-0.15, -0.1) is 0 Å². The molecule has 1 amide bonds. The lowest BCUT2D eigenvalue weighted by atomic mass is 9.96. The maximum absolute atomic E-state index is 11.4. The first-order valence-electron chi connectivity index (χ1n) is 6.17. The lowest BCUT2D eigenvalue weighted by molar-refractivity contribution is -0.124. The Balaban J connectivity index is 2.38. The van der Waals surface area contributed by atoms with Crippen LogP contribution in [0.25, 0.3) is 0 Å². The fraction of sp³-hybridized carbons (Fsp3) is 0.917. The van der Waals surface area contributed by atoms with Crippen molar-refractivity contribution in [1.82, 2.24) is 15.5 Å². The Hall–Kier alpha value is -0.610. The van der Waals surface area contributed by atoms with Gasteiger partial charge in [0, 0.05) is 32.1 Å². The third-order valence-corrected chi connectivity index (χ3v) is 3.43. The molecule has 1 rings (SSSR count). The van der Waals surface area contributed by atoms with E-state index in [0.717, 1.165) is 25.6 Å². The number of piperidine rings is 1. The molecule has 0 aromatic heterocycles.